The molecule has 8 heteroatoms. The van der Waals surface area contributed by atoms with Crippen LogP contribution in [0.5, 0.6) is 23.0 Å². The zero-order valence-corrected chi connectivity index (χ0v) is 19.2. The van der Waals surface area contributed by atoms with E-state index in [4.69, 9.17) is 9.47 Å². The van der Waals surface area contributed by atoms with E-state index in [2.05, 4.69) is 41.8 Å². The third-order valence-corrected chi connectivity index (χ3v) is 5.65. The number of phenols is 2. The molecule has 0 aliphatic rings. The molecule has 0 aliphatic heterocycles. The number of rotatable bonds is 7. The minimum absolute atomic E-state index is 0.0224. The fraction of sp³-hybridized carbons (Fsp3) is 0.300. The van der Waals surface area contributed by atoms with Crippen LogP contribution in [-0.2, 0) is 0 Å². The Morgan fingerprint density at radius 2 is 1.14 bits per heavy atom. The van der Waals surface area contributed by atoms with Gasteiger partial charge in [-0.15, -0.1) is 0 Å². The first-order chi connectivity index (χ1) is 13.3. The maximum atomic E-state index is 10.3. The molecule has 0 saturated heterocycles. The monoisotopic (exact) mass is 512 g/mol. The zero-order chi connectivity index (χ0) is 20.8. The Hall–Kier alpha value is -2.06. The Balaban J connectivity index is 2.19. The van der Waals surface area contributed by atoms with Crippen molar-refractivity contribution in [3.63, 3.8) is 0 Å². The highest BCUT2D eigenvalue weighted by atomic mass is 79.9. The lowest BCUT2D eigenvalue weighted by molar-refractivity contribution is 0.373. The summed E-state index contributed by atoms with van der Waals surface area (Å²) in [6.45, 7) is 3.84. The number of aromatic hydroxyl groups is 2. The maximum Gasteiger partial charge on any atom is 0.167 e. The smallest absolute Gasteiger partial charge is 0.167 e. The number of benzene rings is 2. The van der Waals surface area contributed by atoms with Crippen molar-refractivity contribution < 1.29 is 19.7 Å². The molecule has 2 rings (SSSR count). The summed E-state index contributed by atoms with van der Waals surface area (Å²) in [4.78, 5) is 9.00. The molecule has 6 nitrogen and oxygen atoms in total. The first kappa shape index (κ1) is 22.2. The summed E-state index contributed by atoms with van der Waals surface area (Å²) in [6, 6.07) is 6.59. The van der Waals surface area contributed by atoms with Gasteiger partial charge >= 0.3 is 0 Å². The van der Waals surface area contributed by atoms with Crippen LogP contribution >= 0.6 is 31.9 Å². The Bertz CT molecular complexity index is 827. The van der Waals surface area contributed by atoms with Crippen LogP contribution in [0.15, 0.2) is 43.2 Å². The van der Waals surface area contributed by atoms with Gasteiger partial charge in [0.15, 0.2) is 23.0 Å². The molecule has 0 aliphatic carbocycles. The second kappa shape index (κ2) is 9.93. The van der Waals surface area contributed by atoms with Crippen LogP contribution in [0.4, 0.5) is 0 Å². The lowest BCUT2D eigenvalue weighted by Crippen LogP contribution is -2.16. The normalized spacial score (nSPS) is 13.8. The third-order valence-electron chi connectivity index (χ3n) is 4.27. The number of halogens is 2. The predicted molar refractivity (Wildman–Crippen MR) is 119 cm³/mol. The molecular weight excluding hydrogens is 492 g/mol. The summed E-state index contributed by atoms with van der Waals surface area (Å²) in [5, 5.41) is 20.5. The molecule has 0 fully saturated rings. The molecule has 150 valence electrons. The molecule has 0 heterocycles. The maximum absolute atomic E-state index is 10.3. The van der Waals surface area contributed by atoms with Gasteiger partial charge in [-0.3, -0.25) is 9.98 Å². The highest BCUT2D eigenvalue weighted by Gasteiger charge is 2.14. The summed E-state index contributed by atoms with van der Waals surface area (Å²) < 4.78 is 11.7. The number of aliphatic imine (C=N–C) groups is 2. The molecule has 2 aromatic rings. The SMILES string of the molecule is COc1ccc(Br)c(C=N[C@@H](C)[C@H](C)N=Cc2c(Br)ccc(OC)c2O)c1O. The molecule has 0 amide bonds. The lowest BCUT2D eigenvalue weighted by Gasteiger charge is -2.13. The fourth-order valence-electron chi connectivity index (χ4n) is 2.34. The van der Waals surface area contributed by atoms with Crippen molar-refractivity contribution in [1.29, 1.82) is 0 Å². The van der Waals surface area contributed by atoms with Gasteiger partial charge in [-0.1, -0.05) is 0 Å². The zero-order valence-electron chi connectivity index (χ0n) is 16.0. The van der Waals surface area contributed by atoms with E-state index < -0.39 is 0 Å². The van der Waals surface area contributed by atoms with E-state index >= 15 is 0 Å². The van der Waals surface area contributed by atoms with Gasteiger partial charge in [0, 0.05) is 21.4 Å². The number of hydrogen-bond donors (Lipinski definition) is 2. The third kappa shape index (κ3) is 5.05. The molecular formula is C20H22Br2N2O4. The van der Waals surface area contributed by atoms with E-state index in [9.17, 15) is 10.2 Å². The highest BCUT2D eigenvalue weighted by molar-refractivity contribution is 9.10. The van der Waals surface area contributed by atoms with E-state index in [-0.39, 0.29) is 23.6 Å². The van der Waals surface area contributed by atoms with Crippen molar-refractivity contribution in [2.75, 3.05) is 14.2 Å². The van der Waals surface area contributed by atoms with Crippen LogP contribution in [0, 0.1) is 0 Å². The van der Waals surface area contributed by atoms with Crippen molar-refractivity contribution in [2.24, 2.45) is 9.98 Å². The number of phenolic OH excluding ortho intramolecular Hbond substituents is 2. The van der Waals surface area contributed by atoms with Gasteiger partial charge in [0.05, 0.1) is 37.4 Å². The molecule has 0 radical (unpaired) electrons. The Morgan fingerprint density at radius 1 is 0.786 bits per heavy atom. The fourth-order valence-corrected chi connectivity index (χ4v) is 3.18. The summed E-state index contributed by atoms with van der Waals surface area (Å²) in [5.74, 6) is 0.798. The van der Waals surface area contributed by atoms with E-state index in [1.54, 1.807) is 36.7 Å². The number of hydrogen-bond acceptors (Lipinski definition) is 6. The first-order valence-corrected chi connectivity index (χ1v) is 10.1. The van der Waals surface area contributed by atoms with Gasteiger partial charge in [0.2, 0.25) is 0 Å². The second-order valence-corrected chi connectivity index (χ2v) is 7.77. The van der Waals surface area contributed by atoms with Crippen LogP contribution < -0.4 is 9.47 Å². The van der Waals surface area contributed by atoms with Gasteiger partial charge in [-0.05, 0) is 70.0 Å². The van der Waals surface area contributed by atoms with E-state index in [1.807, 2.05) is 13.8 Å². The quantitative estimate of drug-likeness (QED) is 0.513. The van der Waals surface area contributed by atoms with Crippen LogP contribution in [0.2, 0.25) is 0 Å². The Labute approximate surface area is 181 Å². The summed E-state index contributed by atoms with van der Waals surface area (Å²) in [5.41, 5.74) is 1.08. The average molecular weight is 514 g/mol. The van der Waals surface area contributed by atoms with Gasteiger partial charge in [0.25, 0.3) is 0 Å². The molecule has 0 saturated carbocycles. The van der Waals surface area contributed by atoms with Crippen LogP contribution in [-0.4, -0.2) is 48.9 Å². The number of nitrogens with zero attached hydrogens (tertiary/aromatic N) is 2. The van der Waals surface area contributed by atoms with Gasteiger partial charge < -0.3 is 19.7 Å². The van der Waals surface area contributed by atoms with E-state index in [0.29, 0.717) is 31.6 Å². The minimum atomic E-state index is -0.166. The molecule has 0 unspecified atom stereocenters. The van der Waals surface area contributed by atoms with Crippen molar-refractivity contribution in [2.45, 2.75) is 25.9 Å². The molecule has 0 bridgehead atoms. The Kier molecular flexibility index (Phi) is 7.88. The number of ether oxygens (including phenoxy) is 2. The average Bonchev–Trinajstić information content (AvgIpc) is 2.67. The van der Waals surface area contributed by atoms with E-state index in [0.717, 1.165) is 0 Å². The van der Waals surface area contributed by atoms with Crippen molar-refractivity contribution in [1.82, 2.24) is 0 Å². The van der Waals surface area contributed by atoms with Crippen molar-refractivity contribution in [3.8, 4) is 23.0 Å². The van der Waals surface area contributed by atoms with E-state index in [1.165, 1.54) is 14.2 Å². The lowest BCUT2D eigenvalue weighted by atomic mass is 10.1. The minimum Gasteiger partial charge on any atom is -0.504 e. The van der Waals surface area contributed by atoms with Gasteiger partial charge in [-0.25, -0.2) is 0 Å². The topological polar surface area (TPSA) is 83.6 Å². The molecule has 0 spiro atoms. The predicted octanol–water partition coefficient (Wildman–Crippen LogP) is 4.96. The Morgan fingerprint density at radius 3 is 1.46 bits per heavy atom. The van der Waals surface area contributed by atoms with Crippen LogP contribution in [0.25, 0.3) is 0 Å². The highest BCUT2D eigenvalue weighted by Crippen LogP contribution is 2.35. The number of methoxy groups -OCH3 is 2. The summed E-state index contributed by atoms with van der Waals surface area (Å²) >= 11 is 6.81. The van der Waals surface area contributed by atoms with Crippen molar-refractivity contribution >= 4 is 44.3 Å². The molecule has 2 aromatic carbocycles. The molecule has 0 aromatic heterocycles. The molecule has 2 N–H and O–H groups in total. The first-order valence-electron chi connectivity index (χ1n) is 8.47. The van der Waals surface area contributed by atoms with Gasteiger partial charge in [0.1, 0.15) is 0 Å². The van der Waals surface area contributed by atoms with Crippen LogP contribution in [0.3, 0.4) is 0 Å². The van der Waals surface area contributed by atoms with Gasteiger partial charge in [-0.2, -0.15) is 0 Å². The largest absolute Gasteiger partial charge is 0.504 e. The van der Waals surface area contributed by atoms with Crippen molar-refractivity contribution in [3.05, 3.63) is 44.3 Å². The molecule has 28 heavy (non-hydrogen) atoms. The summed E-state index contributed by atoms with van der Waals surface area (Å²) in [6.07, 6.45) is 3.19. The standard InChI is InChI=1S/C20H22Br2N2O4/c1-11(23-9-13-15(21)5-7-17(27-3)19(13)25)12(2)24-10-14-16(22)6-8-18(28-4)20(14)26/h5-12,25-26H,1-4H3/t11-,12-/m0/s1. The molecule has 2 atom stereocenters. The second-order valence-electron chi connectivity index (χ2n) is 6.06. The summed E-state index contributed by atoms with van der Waals surface area (Å²) in [7, 11) is 2.99. The van der Waals surface area contributed by atoms with Crippen LogP contribution in [0.1, 0.15) is 25.0 Å².